The number of carbonyl (C=O) groups is 1. The Balaban J connectivity index is 1.31. The van der Waals surface area contributed by atoms with Crippen LogP contribution in [0.4, 0.5) is 5.69 Å². The van der Waals surface area contributed by atoms with Crippen LogP contribution in [0.3, 0.4) is 0 Å². The van der Waals surface area contributed by atoms with E-state index in [2.05, 4.69) is 10.5 Å². The van der Waals surface area contributed by atoms with Crippen LogP contribution in [0, 0.1) is 6.92 Å². The zero-order valence-corrected chi connectivity index (χ0v) is 15.8. The molecule has 0 radical (unpaired) electrons. The summed E-state index contributed by atoms with van der Waals surface area (Å²) < 4.78 is 21.4. The van der Waals surface area contributed by atoms with E-state index in [1.807, 2.05) is 31.2 Å². The van der Waals surface area contributed by atoms with Crippen LogP contribution in [0.15, 0.2) is 47.0 Å². The number of rotatable bonds is 6. The minimum Gasteiger partial charge on any atom is -0.454 e. The number of nitrogens with zero attached hydrogens (tertiary/aromatic N) is 1. The molecule has 3 aromatic rings. The summed E-state index contributed by atoms with van der Waals surface area (Å²) in [5.41, 5.74) is 2.98. The minimum atomic E-state index is -0.273. The van der Waals surface area contributed by atoms with Gasteiger partial charge >= 0.3 is 0 Å². The van der Waals surface area contributed by atoms with Crippen LogP contribution < -0.4 is 14.8 Å². The van der Waals surface area contributed by atoms with E-state index in [1.54, 1.807) is 18.2 Å². The van der Waals surface area contributed by atoms with Gasteiger partial charge in [-0.1, -0.05) is 22.8 Å². The predicted molar refractivity (Wildman–Crippen MR) is 103 cm³/mol. The zero-order valence-electron chi connectivity index (χ0n) is 15.0. The van der Waals surface area contributed by atoms with Crippen molar-refractivity contribution in [3.63, 3.8) is 0 Å². The largest absolute Gasteiger partial charge is 0.454 e. The number of amides is 1. The minimum absolute atomic E-state index is 0.113. The van der Waals surface area contributed by atoms with Crippen LogP contribution in [0.2, 0.25) is 5.02 Å². The maximum Gasteiger partial charge on any atom is 0.250 e. The van der Waals surface area contributed by atoms with E-state index >= 15 is 0 Å². The van der Waals surface area contributed by atoms with Crippen LogP contribution in [0.25, 0.3) is 11.3 Å². The molecule has 0 saturated carbocycles. The second-order valence-electron chi connectivity index (χ2n) is 6.25. The number of anilines is 1. The molecule has 144 valence electrons. The second kappa shape index (κ2) is 7.92. The Hall–Kier alpha value is -3.03. The maximum atomic E-state index is 12.1. The summed E-state index contributed by atoms with van der Waals surface area (Å²) >= 11 is 5.95. The molecular formula is C20H17ClN2O5. The van der Waals surface area contributed by atoms with Crippen molar-refractivity contribution < 1.29 is 23.5 Å². The summed E-state index contributed by atoms with van der Waals surface area (Å²) in [7, 11) is 0. The van der Waals surface area contributed by atoms with Crippen LogP contribution in [0.5, 0.6) is 11.5 Å². The van der Waals surface area contributed by atoms with E-state index in [1.165, 1.54) is 0 Å². The molecule has 0 spiro atoms. The third-order valence-corrected chi connectivity index (χ3v) is 4.41. The fourth-order valence-electron chi connectivity index (χ4n) is 2.73. The molecule has 2 aromatic carbocycles. The van der Waals surface area contributed by atoms with E-state index in [0.29, 0.717) is 33.7 Å². The number of benzene rings is 2. The Kier molecular flexibility index (Phi) is 5.18. The molecule has 4 rings (SSSR count). The van der Waals surface area contributed by atoms with Crippen LogP contribution in [-0.4, -0.2) is 24.5 Å². The Bertz CT molecular complexity index is 1020. The summed E-state index contributed by atoms with van der Waals surface area (Å²) in [4.78, 5) is 12.1. The van der Waals surface area contributed by atoms with Crippen molar-refractivity contribution in [2.45, 2.75) is 13.5 Å². The van der Waals surface area contributed by atoms with Crippen molar-refractivity contribution in [2.75, 3.05) is 18.7 Å². The number of hydrogen-bond donors (Lipinski definition) is 1. The van der Waals surface area contributed by atoms with Crippen molar-refractivity contribution in [3.05, 3.63) is 58.7 Å². The third kappa shape index (κ3) is 4.11. The molecule has 0 atom stereocenters. The van der Waals surface area contributed by atoms with Crippen molar-refractivity contribution in [1.29, 1.82) is 0 Å². The number of ether oxygens (including phenoxy) is 3. The molecule has 0 unspecified atom stereocenters. The first-order chi connectivity index (χ1) is 13.6. The monoisotopic (exact) mass is 400 g/mol. The molecule has 7 nitrogen and oxygen atoms in total. The Morgan fingerprint density at radius 2 is 2.04 bits per heavy atom. The lowest BCUT2D eigenvalue weighted by Crippen LogP contribution is -2.18. The SMILES string of the molecule is Cc1ccc(Cl)cc1NC(=O)COCc1cc(-c2ccc3c(c2)OCO3)on1. The van der Waals surface area contributed by atoms with Gasteiger partial charge in [0.05, 0.1) is 6.61 Å². The third-order valence-electron chi connectivity index (χ3n) is 4.17. The van der Waals surface area contributed by atoms with Gasteiger partial charge in [-0.2, -0.15) is 0 Å². The Labute approximate surface area is 166 Å². The highest BCUT2D eigenvalue weighted by atomic mass is 35.5. The first-order valence-corrected chi connectivity index (χ1v) is 8.95. The van der Waals surface area contributed by atoms with E-state index < -0.39 is 0 Å². The molecule has 0 aliphatic carbocycles. The highest BCUT2D eigenvalue weighted by Gasteiger charge is 2.16. The smallest absolute Gasteiger partial charge is 0.250 e. The Morgan fingerprint density at radius 1 is 1.18 bits per heavy atom. The van der Waals surface area contributed by atoms with Crippen molar-refractivity contribution >= 4 is 23.2 Å². The molecule has 28 heavy (non-hydrogen) atoms. The molecule has 0 fully saturated rings. The lowest BCUT2D eigenvalue weighted by atomic mass is 10.1. The van der Waals surface area contributed by atoms with Crippen molar-refractivity contribution in [3.8, 4) is 22.8 Å². The number of fused-ring (bicyclic) bond motifs is 1. The average molecular weight is 401 g/mol. The Morgan fingerprint density at radius 3 is 2.93 bits per heavy atom. The topological polar surface area (TPSA) is 82.8 Å². The molecule has 2 heterocycles. The lowest BCUT2D eigenvalue weighted by Gasteiger charge is -2.08. The summed E-state index contributed by atoms with van der Waals surface area (Å²) in [5.74, 6) is 1.67. The van der Waals surface area contributed by atoms with Gasteiger partial charge in [-0.3, -0.25) is 4.79 Å². The first kappa shape index (κ1) is 18.3. The molecule has 1 aliphatic rings. The molecule has 0 bridgehead atoms. The van der Waals surface area contributed by atoms with Crippen molar-refractivity contribution in [1.82, 2.24) is 5.16 Å². The summed E-state index contributed by atoms with van der Waals surface area (Å²) in [6.07, 6.45) is 0. The fraction of sp³-hybridized carbons (Fsp3) is 0.200. The first-order valence-electron chi connectivity index (χ1n) is 8.58. The summed E-state index contributed by atoms with van der Waals surface area (Å²) in [6.45, 7) is 2.14. The average Bonchev–Trinajstić information content (AvgIpc) is 3.33. The van der Waals surface area contributed by atoms with Gasteiger partial charge in [0.25, 0.3) is 0 Å². The zero-order chi connectivity index (χ0) is 19.5. The summed E-state index contributed by atoms with van der Waals surface area (Å²) in [5, 5.41) is 7.30. The quantitative estimate of drug-likeness (QED) is 0.668. The number of halogens is 1. The highest BCUT2D eigenvalue weighted by Crippen LogP contribution is 2.36. The van der Waals surface area contributed by atoms with Gasteiger partial charge < -0.3 is 24.1 Å². The van der Waals surface area contributed by atoms with Crippen LogP contribution in [0.1, 0.15) is 11.3 Å². The molecule has 1 N–H and O–H groups in total. The molecular weight excluding hydrogens is 384 g/mol. The van der Waals surface area contributed by atoms with Crippen LogP contribution in [-0.2, 0) is 16.1 Å². The highest BCUT2D eigenvalue weighted by molar-refractivity contribution is 6.31. The lowest BCUT2D eigenvalue weighted by molar-refractivity contribution is -0.121. The van der Waals surface area contributed by atoms with E-state index in [0.717, 1.165) is 11.1 Å². The number of hydrogen-bond acceptors (Lipinski definition) is 6. The molecule has 0 saturated heterocycles. The van der Waals surface area contributed by atoms with E-state index in [4.69, 9.17) is 30.3 Å². The molecule has 8 heteroatoms. The molecule has 1 amide bonds. The van der Waals surface area contributed by atoms with Gasteiger partial charge in [0.1, 0.15) is 12.3 Å². The maximum absolute atomic E-state index is 12.1. The predicted octanol–water partition coefficient (Wildman–Crippen LogP) is 4.19. The van der Waals surface area contributed by atoms with Gasteiger partial charge in [0, 0.05) is 22.3 Å². The summed E-state index contributed by atoms with van der Waals surface area (Å²) in [6, 6.07) is 12.6. The second-order valence-corrected chi connectivity index (χ2v) is 6.69. The van der Waals surface area contributed by atoms with Gasteiger partial charge in [0.15, 0.2) is 17.3 Å². The van der Waals surface area contributed by atoms with Gasteiger partial charge in [-0.15, -0.1) is 0 Å². The molecule has 1 aliphatic heterocycles. The normalized spacial score (nSPS) is 12.2. The van der Waals surface area contributed by atoms with Crippen molar-refractivity contribution in [2.24, 2.45) is 0 Å². The van der Waals surface area contributed by atoms with E-state index in [-0.39, 0.29) is 25.9 Å². The number of nitrogens with one attached hydrogen (secondary N) is 1. The van der Waals surface area contributed by atoms with Gasteiger partial charge in [-0.25, -0.2) is 0 Å². The fourth-order valence-corrected chi connectivity index (χ4v) is 2.90. The van der Waals surface area contributed by atoms with Gasteiger partial charge in [-0.05, 0) is 42.8 Å². The van der Waals surface area contributed by atoms with E-state index in [9.17, 15) is 4.79 Å². The molecule has 1 aromatic heterocycles. The number of carbonyl (C=O) groups excluding carboxylic acids is 1. The standard InChI is InChI=1S/C20H17ClN2O5/c1-12-2-4-14(21)7-16(12)22-20(24)10-25-9-15-8-18(28-23-15)13-3-5-17-19(6-13)27-11-26-17/h2-8H,9-11H2,1H3,(H,22,24). The van der Waals surface area contributed by atoms with Gasteiger partial charge in [0.2, 0.25) is 12.7 Å². The number of aromatic nitrogens is 1. The number of aryl methyl sites for hydroxylation is 1. The van der Waals surface area contributed by atoms with Crippen LogP contribution >= 0.6 is 11.6 Å².